The number of ether oxygens (including phenoxy) is 1. The van der Waals surface area contributed by atoms with Crippen LogP contribution < -0.4 is 15.6 Å². The van der Waals surface area contributed by atoms with E-state index < -0.39 is 29.0 Å². The molecular formula is C24H19ClF3N5O4. The van der Waals surface area contributed by atoms with E-state index in [0.29, 0.717) is 11.9 Å². The van der Waals surface area contributed by atoms with Crippen molar-refractivity contribution in [1.29, 1.82) is 0 Å². The number of carboxylic acids is 1. The van der Waals surface area contributed by atoms with E-state index in [1.807, 2.05) is 0 Å². The number of anilines is 1. The minimum absolute atomic E-state index is 0.0125. The summed E-state index contributed by atoms with van der Waals surface area (Å²) in [5.41, 5.74) is -1.00. The molecule has 4 aromatic heterocycles. The van der Waals surface area contributed by atoms with Crippen molar-refractivity contribution in [3.63, 3.8) is 0 Å². The number of halogens is 4. The van der Waals surface area contributed by atoms with Crippen LogP contribution in [0.3, 0.4) is 0 Å². The number of aromatic nitrogens is 4. The molecule has 0 saturated carbocycles. The van der Waals surface area contributed by atoms with Gasteiger partial charge in [0.1, 0.15) is 17.4 Å². The van der Waals surface area contributed by atoms with Gasteiger partial charge in [-0.15, -0.1) is 0 Å². The zero-order chi connectivity index (χ0) is 26.9. The summed E-state index contributed by atoms with van der Waals surface area (Å²) in [6.07, 6.45) is -4.09. The lowest BCUT2D eigenvalue weighted by Crippen LogP contribution is -2.23. The Hall–Kier alpha value is -4.19. The number of carbonyl (C=O) groups is 1. The fraction of sp³-hybridized carbons (Fsp3) is 0.208. The Labute approximate surface area is 212 Å². The van der Waals surface area contributed by atoms with Gasteiger partial charge in [0.15, 0.2) is 5.69 Å². The molecule has 0 saturated heterocycles. The molecule has 0 bridgehead atoms. The van der Waals surface area contributed by atoms with E-state index in [-0.39, 0.29) is 46.6 Å². The maximum absolute atomic E-state index is 13.6. The van der Waals surface area contributed by atoms with Crippen molar-refractivity contribution in [2.45, 2.75) is 33.2 Å². The van der Waals surface area contributed by atoms with E-state index in [1.54, 1.807) is 25.1 Å². The number of rotatable bonds is 7. The molecule has 0 aliphatic carbocycles. The second kappa shape index (κ2) is 10.1. The first kappa shape index (κ1) is 25.9. The van der Waals surface area contributed by atoms with Gasteiger partial charge in [0.05, 0.1) is 22.5 Å². The normalized spacial score (nSPS) is 11.5. The minimum atomic E-state index is -4.75. The maximum atomic E-state index is 13.6. The molecule has 0 aromatic carbocycles. The number of carboxylic acid groups (broad SMARTS) is 1. The Morgan fingerprint density at radius 2 is 1.92 bits per heavy atom. The molecule has 4 aromatic rings. The number of hydrogen-bond donors (Lipinski definition) is 2. The molecule has 9 nitrogen and oxygen atoms in total. The van der Waals surface area contributed by atoms with Gasteiger partial charge in [-0.1, -0.05) is 17.7 Å². The second-order valence-electron chi connectivity index (χ2n) is 8.04. The molecule has 2 N–H and O–H groups in total. The Kier molecular flexibility index (Phi) is 7.03. The van der Waals surface area contributed by atoms with Crippen LogP contribution >= 0.6 is 11.6 Å². The molecule has 192 valence electrons. The van der Waals surface area contributed by atoms with Gasteiger partial charge in [-0.05, 0) is 44.2 Å². The van der Waals surface area contributed by atoms with E-state index in [1.165, 1.54) is 19.1 Å². The molecule has 13 heteroatoms. The Balaban J connectivity index is 1.78. The summed E-state index contributed by atoms with van der Waals surface area (Å²) in [7, 11) is 0. The molecule has 0 aliphatic rings. The lowest BCUT2D eigenvalue weighted by atomic mass is 10.1. The van der Waals surface area contributed by atoms with Gasteiger partial charge in [-0.25, -0.2) is 9.78 Å². The largest absolute Gasteiger partial charge is 0.476 e. The Bertz CT molecular complexity index is 1570. The first-order chi connectivity index (χ1) is 17.4. The van der Waals surface area contributed by atoms with Crippen LogP contribution in [0.4, 0.5) is 18.9 Å². The van der Waals surface area contributed by atoms with Crippen molar-refractivity contribution in [3.05, 3.63) is 91.9 Å². The van der Waals surface area contributed by atoms with Gasteiger partial charge >= 0.3 is 12.1 Å². The lowest BCUT2D eigenvalue weighted by molar-refractivity contribution is -0.137. The number of pyridine rings is 3. The molecule has 0 spiro atoms. The summed E-state index contributed by atoms with van der Waals surface area (Å²) in [5, 5.41) is 12.1. The predicted molar refractivity (Wildman–Crippen MR) is 128 cm³/mol. The molecule has 4 heterocycles. The van der Waals surface area contributed by atoms with Gasteiger partial charge in [0, 0.05) is 24.0 Å². The van der Waals surface area contributed by atoms with Crippen LogP contribution in [-0.4, -0.2) is 30.4 Å². The van der Waals surface area contributed by atoms with Crippen LogP contribution in [0.1, 0.15) is 38.6 Å². The van der Waals surface area contributed by atoms with E-state index in [4.69, 9.17) is 16.3 Å². The molecule has 0 atom stereocenters. The predicted octanol–water partition coefficient (Wildman–Crippen LogP) is 4.66. The SMILES string of the molecule is Cc1cccc(COc2nc3c(CNc4ccc(Cl)nc4C(=O)O)cc(C(F)(F)F)cn3c(=O)c2C)n1. The second-order valence-corrected chi connectivity index (χ2v) is 8.43. The van der Waals surface area contributed by atoms with E-state index in [2.05, 4.69) is 20.3 Å². The molecule has 0 unspecified atom stereocenters. The standard InChI is InChI=1S/C24H19ClF3N5O4/c1-12-4-3-5-16(30-12)11-37-21-13(2)22(34)33-10-15(24(26,27)28)8-14(20(33)32-21)9-29-17-6-7-18(25)31-19(17)23(35)36/h3-8,10,29H,9,11H2,1-2H3,(H,35,36). The zero-order valence-corrected chi connectivity index (χ0v) is 20.2. The number of nitrogens with one attached hydrogen (secondary N) is 1. The number of hydrogen-bond acceptors (Lipinski definition) is 7. The summed E-state index contributed by atoms with van der Waals surface area (Å²) in [4.78, 5) is 36.9. The number of nitrogens with zero attached hydrogens (tertiary/aromatic N) is 4. The quantitative estimate of drug-likeness (QED) is 0.329. The van der Waals surface area contributed by atoms with Crippen LogP contribution in [0, 0.1) is 13.8 Å². The number of fused-ring (bicyclic) bond motifs is 1. The molecule has 0 fully saturated rings. The van der Waals surface area contributed by atoms with Gasteiger partial charge in [0.25, 0.3) is 5.56 Å². The van der Waals surface area contributed by atoms with E-state index >= 15 is 0 Å². The lowest BCUT2D eigenvalue weighted by Gasteiger charge is -2.16. The van der Waals surface area contributed by atoms with Gasteiger partial charge in [-0.2, -0.15) is 18.2 Å². The highest BCUT2D eigenvalue weighted by Crippen LogP contribution is 2.31. The van der Waals surface area contributed by atoms with Crippen molar-refractivity contribution in [2.75, 3.05) is 5.32 Å². The highest BCUT2D eigenvalue weighted by molar-refractivity contribution is 6.29. The topological polar surface area (TPSA) is 119 Å². The Morgan fingerprint density at radius 3 is 2.59 bits per heavy atom. The van der Waals surface area contributed by atoms with Gasteiger partial charge in [-0.3, -0.25) is 14.2 Å². The fourth-order valence-electron chi connectivity index (χ4n) is 3.56. The summed E-state index contributed by atoms with van der Waals surface area (Å²) < 4.78 is 47.4. The molecule has 0 aliphatic heterocycles. The van der Waals surface area contributed by atoms with Crippen LogP contribution in [0.2, 0.25) is 5.15 Å². The summed E-state index contributed by atoms with van der Waals surface area (Å²) in [5.74, 6) is -1.45. The van der Waals surface area contributed by atoms with Crippen molar-refractivity contribution in [1.82, 2.24) is 19.4 Å². The third-order valence-corrected chi connectivity index (χ3v) is 5.55. The van der Waals surface area contributed by atoms with Gasteiger partial charge in [0.2, 0.25) is 5.88 Å². The summed E-state index contributed by atoms with van der Waals surface area (Å²) in [6.45, 7) is 2.87. The van der Waals surface area contributed by atoms with Crippen LogP contribution in [0.15, 0.2) is 47.4 Å². The highest BCUT2D eigenvalue weighted by Gasteiger charge is 2.32. The van der Waals surface area contributed by atoms with Crippen molar-refractivity contribution in [2.24, 2.45) is 0 Å². The van der Waals surface area contributed by atoms with E-state index in [0.717, 1.165) is 16.2 Å². The minimum Gasteiger partial charge on any atom is -0.476 e. The molecule has 0 amide bonds. The van der Waals surface area contributed by atoms with Crippen molar-refractivity contribution >= 4 is 28.9 Å². The summed E-state index contributed by atoms with van der Waals surface area (Å²) in [6, 6.07) is 8.82. The number of aryl methyl sites for hydroxylation is 1. The first-order valence-electron chi connectivity index (χ1n) is 10.8. The Morgan fingerprint density at radius 1 is 1.16 bits per heavy atom. The molecular weight excluding hydrogens is 515 g/mol. The third-order valence-electron chi connectivity index (χ3n) is 5.34. The third kappa shape index (κ3) is 5.64. The maximum Gasteiger partial charge on any atom is 0.417 e. The van der Waals surface area contributed by atoms with Crippen molar-refractivity contribution < 1.29 is 27.8 Å². The van der Waals surface area contributed by atoms with Crippen molar-refractivity contribution in [3.8, 4) is 5.88 Å². The highest BCUT2D eigenvalue weighted by atomic mass is 35.5. The smallest absolute Gasteiger partial charge is 0.417 e. The monoisotopic (exact) mass is 533 g/mol. The summed E-state index contributed by atoms with van der Waals surface area (Å²) >= 11 is 5.77. The average molecular weight is 534 g/mol. The molecule has 4 rings (SSSR count). The first-order valence-corrected chi connectivity index (χ1v) is 11.1. The zero-order valence-electron chi connectivity index (χ0n) is 19.4. The number of aromatic carboxylic acids is 1. The number of alkyl halides is 3. The molecule has 0 radical (unpaired) electrons. The van der Waals surface area contributed by atoms with Gasteiger partial charge < -0.3 is 15.2 Å². The van der Waals surface area contributed by atoms with Crippen LogP contribution in [0.5, 0.6) is 5.88 Å². The van der Waals surface area contributed by atoms with E-state index in [9.17, 15) is 27.9 Å². The average Bonchev–Trinajstić information content (AvgIpc) is 2.83. The van der Waals surface area contributed by atoms with Crippen LogP contribution in [0.25, 0.3) is 5.65 Å². The van der Waals surface area contributed by atoms with Crippen LogP contribution in [-0.2, 0) is 19.3 Å². The molecule has 37 heavy (non-hydrogen) atoms. The fourth-order valence-corrected chi connectivity index (χ4v) is 3.70.